The third kappa shape index (κ3) is 2.74. The zero-order valence-corrected chi connectivity index (χ0v) is 11.0. The normalized spacial score (nSPS) is 10.0. The second-order valence-corrected chi connectivity index (χ2v) is 3.95. The van der Waals surface area contributed by atoms with Gasteiger partial charge in [-0.15, -0.1) is 0 Å². The van der Waals surface area contributed by atoms with Crippen molar-refractivity contribution < 1.29 is 19.0 Å². The molecule has 4 nitrogen and oxygen atoms in total. The molecule has 88 valence electrons. The van der Waals surface area contributed by atoms with Crippen LogP contribution in [0.15, 0.2) is 16.6 Å². The van der Waals surface area contributed by atoms with Crippen LogP contribution in [0.1, 0.15) is 15.9 Å². The lowest BCUT2D eigenvalue weighted by molar-refractivity contribution is 0.0460. The Kier molecular flexibility index (Phi) is 4.76. The van der Waals surface area contributed by atoms with Gasteiger partial charge in [0.05, 0.1) is 7.11 Å². The van der Waals surface area contributed by atoms with E-state index in [0.29, 0.717) is 11.3 Å². The second kappa shape index (κ2) is 5.86. The highest BCUT2D eigenvalue weighted by molar-refractivity contribution is 9.10. The molecule has 0 spiro atoms. The molecule has 0 aliphatic rings. The average molecular weight is 289 g/mol. The summed E-state index contributed by atoms with van der Waals surface area (Å²) in [6.45, 7) is 1.93. The van der Waals surface area contributed by atoms with Crippen LogP contribution in [-0.4, -0.2) is 27.0 Å². The lowest BCUT2D eigenvalue weighted by Gasteiger charge is -2.13. The van der Waals surface area contributed by atoms with Gasteiger partial charge in [0.25, 0.3) is 0 Å². The summed E-state index contributed by atoms with van der Waals surface area (Å²) in [4.78, 5) is 11.5. The lowest BCUT2D eigenvalue weighted by atomic mass is 10.1. The molecule has 1 aromatic carbocycles. The van der Waals surface area contributed by atoms with Crippen LogP contribution in [-0.2, 0) is 9.47 Å². The Labute approximate surface area is 103 Å². The van der Waals surface area contributed by atoms with E-state index in [1.54, 1.807) is 12.1 Å². The predicted molar refractivity (Wildman–Crippen MR) is 62.7 cm³/mol. The molecule has 0 atom stereocenters. The molecule has 0 amide bonds. The van der Waals surface area contributed by atoms with Crippen molar-refractivity contribution in [3.8, 4) is 5.75 Å². The third-order valence-corrected chi connectivity index (χ3v) is 2.93. The quantitative estimate of drug-likeness (QED) is 0.631. The van der Waals surface area contributed by atoms with Gasteiger partial charge in [0, 0.05) is 17.1 Å². The molecule has 0 aromatic heterocycles. The molecule has 0 radical (unpaired) electrons. The summed E-state index contributed by atoms with van der Waals surface area (Å²) < 4.78 is 15.7. The van der Waals surface area contributed by atoms with E-state index >= 15 is 0 Å². The summed E-state index contributed by atoms with van der Waals surface area (Å²) in [7, 11) is 2.85. The van der Waals surface area contributed by atoms with E-state index in [1.807, 2.05) is 6.92 Å². The molecular formula is C11H13BrO4. The molecule has 0 bridgehead atoms. The van der Waals surface area contributed by atoms with Gasteiger partial charge >= 0.3 is 5.97 Å². The number of hydrogen-bond donors (Lipinski definition) is 0. The average Bonchev–Trinajstić information content (AvgIpc) is 2.30. The molecular weight excluding hydrogens is 276 g/mol. The van der Waals surface area contributed by atoms with Gasteiger partial charge in [0.1, 0.15) is 11.3 Å². The number of benzene rings is 1. The Balaban J connectivity index is 3.16. The minimum Gasteiger partial charge on any atom is -0.466 e. The van der Waals surface area contributed by atoms with Crippen LogP contribution in [0, 0.1) is 6.92 Å². The molecule has 0 fully saturated rings. The van der Waals surface area contributed by atoms with Crippen molar-refractivity contribution in [1.29, 1.82) is 0 Å². The molecule has 0 unspecified atom stereocenters. The third-order valence-electron chi connectivity index (χ3n) is 2.07. The van der Waals surface area contributed by atoms with Gasteiger partial charge in [0.2, 0.25) is 0 Å². The number of rotatable bonds is 4. The Morgan fingerprint density at radius 2 is 2.06 bits per heavy atom. The summed E-state index contributed by atoms with van der Waals surface area (Å²) in [5.41, 5.74) is 1.22. The number of methoxy groups -OCH3 is 2. The van der Waals surface area contributed by atoms with Crippen molar-refractivity contribution in [3.63, 3.8) is 0 Å². The Morgan fingerprint density at radius 3 is 2.62 bits per heavy atom. The van der Waals surface area contributed by atoms with Gasteiger partial charge in [-0.3, -0.25) is 0 Å². The summed E-state index contributed by atoms with van der Waals surface area (Å²) in [6, 6.07) is 3.43. The first-order valence-corrected chi connectivity index (χ1v) is 5.40. The van der Waals surface area contributed by atoms with Gasteiger partial charge in [-0.1, -0.05) is 15.9 Å². The Morgan fingerprint density at radius 1 is 1.38 bits per heavy atom. The van der Waals surface area contributed by atoms with Crippen molar-refractivity contribution in [1.82, 2.24) is 0 Å². The fourth-order valence-electron chi connectivity index (χ4n) is 1.24. The van der Waals surface area contributed by atoms with Gasteiger partial charge in [-0.25, -0.2) is 4.79 Å². The molecule has 0 saturated carbocycles. The highest BCUT2D eigenvalue weighted by atomic mass is 79.9. The van der Waals surface area contributed by atoms with E-state index in [4.69, 9.17) is 9.47 Å². The first-order valence-electron chi connectivity index (χ1n) is 4.61. The van der Waals surface area contributed by atoms with E-state index in [0.717, 1.165) is 10.0 Å². The maximum atomic E-state index is 11.5. The van der Waals surface area contributed by atoms with E-state index in [2.05, 4.69) is 20.7 Å². The summed E-state index contributed by atoms with van der Waals surface area (Å²) >= 11 is 3.37. The van der Waals surface area contributed by atoms with E-state index < -0.39 is 5.97 Å². The summed E-state index contributed by atoms with van der Waals surface area (Å²) in [5.74, 6) is 0.0461. The maximum Gasteiger partial charge on any atom is 0.341 e. The number of hydrogen-bond acceptors (Lipinski definition) is 4. The van der Waals surface area contributed by atoms with Crippen molar-refractivity contribution >= 4 is 21.9 Å². The van der Waals surface area contributed by atoms with Crippen molar-refractivity contribution in [2.75, 3.05) is 21.0 Å². The minimum absolute atomic E-state index is 0.0846. The van der Waals surface area contributed by atoms with Gasteiger partial charge in [0.15, 0.2) is 6.79 Å². The first kappa shape index (κ1) is 13.0. The largest absolute Gasteiger partial charge is 0.466 e. The van der Waals surface area contributed by atoms with Crippen molar-refractivity contribution in [3.05, 3.63) is 27.7 Å². The van der Waals surface area contributed by atoms with Crippen LogP contribution < -0.4 is 4.74 Å². The summed E-state index contributed by atoms with van der Waals surface area (Å²) in [5, 5.41) is 0. The van der Waals surface area contributed by atoms with Crippen LogP contribution in [0.2, 0.25) is 0 Å². The molecule has 16 heavy (non-hydrogen) atoms. The SMILES string of the molecule is COCOc1c(C(=O)OC)ccc(Br)c1C. The number of carbonyl (C=O) groups excluding carboxylic acids is 1. The van der Waals surface area contributed by atoms with Crippen LogP contribution in [0.5, 0.6) is 5.75 Å². The minimum atomic E-state index is -0.429. The van der Waals surface area contributed by atoms with E-state index in [9.17, 15) is 4.79 Å². The van der Waals surface area contributed by atoms with Crippen molar-refractivity contribution in [2.45, 2.75) is 6.92 Å². The highest BCUT2D eigenvalue weighted by Gasteiger charge is 2.16. The molecule has 1 aromatic rings. The van der Waals surface area contributed by atoms with Gasteiger partial charge in [-0.2, -0.15) is 0 Å². The Bertz CT molecular complexity index is 390. The van der Waals surface area contributed by atoms with Gasteiger partial charge in [-0.05, 0) is 19.1 Å². The lowest BCUT2D eigenvalue weighted by Crippen LogP contribution is -2.09. The molecule has 0 saturated heterocycles. The predicted octanol–water partition coefficient (Wildman–Crippen LogP) is 2.53. The molecule has 0 N–H and O–H groups in total. The molecule has 1 rings (SSSR count). The highest BCUT2D eigenvalue weighted by Crippen LogP contribution is 2.30. The molecule has 5 heteroatoms. The summed E-state index contributed by atoms with van der Waals surface area (Å²) in [6.07, 6.45) is 0. The van der Waals surface area contributed by atoms with Crippen LogP contribution in [0.3, 0.4) is 0 Å². The number of carbonyl (C=O) groups is 1. The smallest absolute Gasteiger partial charge is 0.341 e. The topological polar surface area (TPSA) is 44.8 Å². The number of ether oxygens (including phenoxy) is 3. The second-order valence-electron chi connectivity index (χ2n) is 3.09. The fourth-order valence-corrected chi connectivity index (χ4v) is 1.55. The van der Waals surface area contributed by atoms with Crippen LogP contribution >= 0.6 is 15.9 Å². The van der Waals surface area contributed by atoms with Crippen molar-refractivity contribution in [2.24, 2.45) is 0 Å². The van der Waals surface area contributed by atoms with E-state index in [1.165, 1.54) is 14.2 Å². The zero-order chi connectivity index (χ0) is 12.1. The van der Waals surface area contributed by atoms with E-state index in [-0.39, 0.29) is 6.79 Å². The number of halogens is 1. The number of esters is 1. The fraction of sp³-hybridized carbons (Fsp3) is 0.364. The standard InChI is InChI=1S/C11H13BrO4/c1-7-9(12)5-4-8(11(13)15-3)10(7)16-6-14-2/h4-5H,6H2,1-3H3. The molecule has 0 heterocycles. The Hall–Kier alpha value is -1.07. The monoisotopic (exact) mass is 288 g/mol. The molecule has 0 aliphatic heterocycles. The van der Waals surface area contributed by atoms with Crippen LogP contribution in [0.25, 0.3) is 0 Å². The molecule has 0 aliphatic carbocycles. The zero-order valence-electron chi connectivity index (χ0n) is 9.37. The van der Waals surface area contributed by atoms with Crippen LogP contribution in [0.4, 0.5) is 0 Å². The first-order chi connectivity index (χ1) is 7.61. The van der Waals surface area contributed by atoms with Gasteiger partial charge < -0.3 is 14.2 Å². The maximum absolute atomic E-state index is 11.5.